The summed E-state index contributed by atoms with van der Waals surface area (Å²) in [6.07, 6.45) is -0.183. The minimum Gasteiger partial charge on any atom is -0.494 e. The number of benzene rings is 4. The maximum atomic E-state index is 14.3. The smallest absolute Gasteiger partial charge is 0.266 e. The first-order chi connectivity index (χ1) is 21.9. The van der Waals surface area contributed by atoms with Crippen molar-refractivity contribution in [3.05, 3.63) is 130 Å². The number of azide groups is 1. The van der Waals surface area contributed by atoms with Crippen LogP contribution in [-0.2, 0) is 16.0 Å². The quantitative estimate of drug-likeness (QED) is 0.0519. The number of aliphatic imine (C=N–C) groups is 1. The number of aliphatic hydroxyl groups excluding tert-OH is 1. The van der Waals surface area contributed by atoms with Crippen LogP contribution in [0.4, 0.5) is 5.69 Å². The summed E-state index contributed by atoms with van der Waals surface area (Å²) in [4.78, 5) is 22.3. The molecular formula is C35H36N6O4. The van der Waals surface area contributed by atoms with Crippen LogP contribution in [0.5, 0.6) is 5.75 Å². The third-order valence-corrected chi connectivity index (χ3v) is 7.43. The third-order valence-electron chi connectivity index (χ3n) is 7.43. The lowest BCUT2D eigenvalue weighted by Crippen LogP contribution is -2.55. The number of carbonyl (C=O) groups is 1. The van der Waals surface area contributed by atoms with Crippen LogP contribution >= 0.6 is 0 Å². The number of hydrogen-bond donors (Lipinski definition) is 3. The topological polar surface area (TPSA) is 141 Å². The number of aliphatic hydroxyl groups is 1. The Hall–Kier alpha value is -5.15. The molecule has 0 aromatic heterocycles. The van der Waals surface area contributed by atoms with E-state index in [0.717, 1.165) is 16.7 Å². The standard InChI is InChI=1S/C35H36N6O4/c1-24(2)38-40-34(43)35(23-29-11-6-7-12-31(29)39-41-36)32(27-15-13-26(14-16-27)25-9-4-3-5-10-25)45-33(37-35)28-17-19-30(20-18-28)44-22-8-21-42/h3-7,9-20,24,32,38,42H,8,21-23H2,1-2H3,(H,40,43)/t32-,35-/m0/s1. The normalized spacial score (nSPS) is 17.2. The third kappa shape index (κ3) is 7.33. The van der Waals surface area contributed by atoms with E-state index in [2.05, 4.69) is 20.9 Å². The predicted octanol–water partition coefficient (Wildman–Crippen LogP) is 6.59. The highest BCUT2D eigenvalue weighted by atomic mass is 16.5. The number of nitrogens with one attached hydrogen (secondary N) is 2. The van der Waals surface area contributed by atoms with Gasteiger partial charge in [-0.1, -0.05) is 84.0 Å². The zero-order valence-corrected chi connectivity index (χ0v) is 25.3. The van der Waals surface area contributed by atoms with Gasteiger partial charge in [0.15, 0.2) is 11.6 Å². The second-order valence-electron chi connectivity index (χ2n) is 11.0. The van der Waals surface area contributed by atoms with Gasteiger partial charge >= 0.3 is 0 Å². The average Bonchev–Trinajstić information content (AvgIpc) is 3.46. The Kier molecular flexibility index (Phi) is 10.1. The second-order valence-corrected chi connectivity index (χ2v) is 11.0. The average molecular weight is 605 g/mol. The molecule has 1 aliphatic rings. The summed E-state index contributed by atoms with van der Waals surface area (Å²) in [5.74, 6) is 0.560. The van der Waals surface area contributed by atoms with Gasteiger partial charge in [0, 0.05) is 41.7 Å². The molecule has 0 unspecified atom stereocenters. The van der Waals surface area contributed by atoms with E-state index < -0.39 is 11.6 Å². The van der Waals surface area contributed by atoms with Gasteiger partial charge in [-0.3, -0.25) is 10.2 Å². The van der Waals surface area contributed by atoms with Crippen LogP contribution in [0.1, 0.15) is 43.1 Å². The lowest BCUT2D eigenvalue weighted by Gasteiger charge is -2.31. The van der Waals surface area contributed by atoms with Crippen LogP contribution < -0.4 is 15.6 Å². The fourth-order valence-corrected chi connectivity index (χ4v) is 5.18. The zero-order valence-electron chi connectivity index (χ0n) is 25.3. The Morgan fingerprint density at radius 1 is 0.978 bits per heavy atom. The molecule has 10 nitrogen and oxygen atoms in total. The Labute approximate surface area is 262 Å². The number of rotatable bonds is 13. The monoisotopic (exact) mass is 604 g/mol. The SMILES string of the molecule is CC(C)NNC(=O)[C@@]1(Cc2ccccc2N=[N+]=[N-])N=C(c2ccc(OCCCO)cc2)O[C@H]1c1ccc(-c2ccccc2)cc1. The van der Waals surface area contributed by atoms with Crippen LogP contribution in [0.2, 0.25) is 0 Å². The van der Waals surface area contributed by atoms with E-state index in [9.17, 15) is 10.3 Å². The molecule has 1 heterocycles. The fourth-order valence-electron chi connectivity index (χ4n) is 5.18. The lowest BCUT2D eigenvalue weighted by atomic mass is 9.81. The highest BCUT2D eigenvalue weighted by molar-refractivity contribution is 6.01. The first-order valence-electron chi connectivity index (χ1n) is 14.9. The van der Waals surface area contributed by atoms with Gasteiger partial charge in [0.25, 0.3) is 5.91 Å². The summed E-state index contributed by atoms with van der Waals surface area (Å²) in [6, 6.07) is 32.4. The lowest BCUT2D eigenvalue weighted by molar-refractivity contribution is -0.130. The van der Waals surface area contributed by atoms with Crippen molar-refractivity contribution in [1.29, 1.82) is 0 Å². The van der Waals surface area contributed by atoms with Crippen molar-refractivity contribution in [2.24, 2.45) is 10.1 Å². The van der Waals surface area contributed by atoms with E-state index in [1.54, 1.807) is 24.3 Å². The molecule has 1 aliphatic heterocycles. The van der Waals surface area contributed by atoms with Gasteiger partial charge in [-0.25, -0.2) is 10.4 Å². The van der Waals surface area contributed by atoms with E-state index in [1.807, 2.05) is 92.7 Å². The largest absolute Gasteiger partial charge is 0.494 e. The molecule has 0 radical (unpaired) electrons. The Morgan fingerprint density at radius 3 is 2.33 bits per heavy atom. The van der Waals surface area contributed by atoms with Crippen molar-refractivity contribution >= 4 is 17.5 Å². The zero-order chi connectivity index (χ0) is 31.6. The van der Waals surface area contributed by atoms with Crippen molar-refractivity contribution in [3.8, 4) is 16.9 Å². The van der Waals surface area contributed by atoms with Crippen molar-refractivity contribution < 1.29 is 19.4 Å². The van der Waals surface area contributed by atoms with Gasteiger partial charge in [0.1, 0.15) is 5.75 Å². The van der Waals surface area contributed by atoms with Gasteiger partial charge < -0.3 is 14.6 Å². The summed E-state index contributed by atoms with van der Waals surface area (Å²) >= 11 is 0. The van der Waals surface area contributed by atoms with E-state index in [4.69, 9.17) is 19.6 Å². The molecule has 4 aromatic carbocycles. The Morgan fingerprint density at radius 2 is 1.64 bits per heavy atom. The molecule has 0 saturated heterocycles. The van der Waals surface area contributed by atoms with Crippen LogP contribution in [0.15, 0.2) is 113 Å². The van der Waals surface area contributed by atoms with Gasteiger partial charge in [0.05, 0.1) is 6.61 Å². The molecule has 4 aromatic rings. The van der Waals surface area contributed by atoms with Crippen LogP contribution in [0.3, 0.4) is 0 Å². The Bertz CT molecular complexity index is 1670. The van der Waals surface area contributed by atoms with Gasteiger partial charge in [0.2, 0.25) is 5.90 Å². The van der Waals surface area contributed by atoms with Crippen LogP contribution in [0.25, 0.3) is 21.6 Å². The summed E-state index contributed by atoms with van der Waals surface area (Å²) < 4.78 is 12.3. The molecule has 230 valence electrons. The van der Waals surface area contributed by atoms with Crippen LogP contribution in [-0.4, -0.2) is 41.7 Å². The molecule has 1 amide bonds. The minimum absolute atomic E-state index is 0.0331. The van der Waals surface area contributed by atoms with Crippen molar-refractivity contribution in [1.82, 2.24) is 10.9 Å². The van der Waals surface area contributed by atoms with Gasteiger partial charge in [-0.2, -0.15) is 0 Å². The second kappa shape index (κ2) is 14.5. The highest BCUT2D eigenvalue weighted by Crippen LogP contribution is 2.44. The molecule has 2 atom stereocenters. The Balaban J connectivity index is 1.60. The van der Waals surface area contributed by atoms with Crippen molar-refractivity contribution in [2.75, 3.05) is 13.2 Å². The molecule has 0 spiro atoms. The maximum absolute atomic E-state index is 14.3. The van der Waals surface area contributed by atoms with Gasteiger partial charge in [-0.15, -0.1) is 0 Å². The number of ether oxygens (including phenoxy) is 2. The fraction of sp³-hybridized carbons (Fsp3) is 0.257. The molecular weight excluding hydrogens is 568 g/mol. The van der Waals surface area contributed by atoms with Gasteiger partial charge in [-0.05, 0) is 65.9 Å². The molecule has 5 rings (SSSR count). The molecule has 0 saturated carbocycles. The first kappa shape index (κ1) is 31.3. The summed E-state index contributed by atoms with van der Waals surface area (Å²) in [5, 5.41) is 13.0. The number of hydrogen-bond acceptors (Lipinski definition) is 7. The highest BCUT2D eigenvalue weighted by Gasteiger charge is 2.53. The van der Waals surface area contributed by atoms with E-state index in [0.29, 0.717) is 41.5 Å². The van der Waals surface area contributed by atoms with Crippen molar-refractivity contribution in [3.63, 3.8) is 0 Å². The van der Waals surface area contributed by atoms with Crippen LogP contribution in [0, 0.1) is 0 Å². The van der Waals surface area contributed by atoms with E-state index in [-0.39, 0.29) is 25.0 Å². The van der Waals surface area contributed by atoms with E-state index >= 15 is 0 Å². The predicted molar refractivity (Wildman–Crippen MR) is 174 cm³/mol. The summed E-state index contributed by atoms with van der Waals surface area (Å²) in [6.45, 7) is 4.29. The number of nitrogens with zero attached hydrogens (tertiary/aromatic N) is 4. The molecule has 10 heteroatoms. The summed E-state index contributed by atoms with van der Waals surface area (Å²) in [7, 11) is 0. The first-order valence-corrected chi connectivity index (χ1v) is 14.9. The molecule has 0 bridgehead atoms. The molecule has 45 heavy (non-hydrogen) atoms. The summed E-state index contributed by atoms with van der Waals surface area (Å²) in [5.41, 5.74) is 18.3. The molecule has 3 N–H and O–H groups in total. The number of amides is 1. The molecule has 0 fully saturated rings. The number of carbonyl (C=O) groups excluding carboxylic acids is 1. The van der Waals surface area contributed by atoms with E-state index in [1.165, 1.54) is 0 Å². The maximum Gasteiger partial charge on any atom is 0.266 e. The minimum atomic E-state index is -1.47. The van der Waals surface area contributed by atoms with Crippen molar-refractivity contribution in [2.45, 2.75) is 44.4 Å². The number of hydrazine groups is 1. The molecule has 0 aliphatic carbocycles.